The predicted octanol–water partition coefficient (Wildman–Crippen LogP) is 4.47. The van der Waals surface area contributed by atoms with Crippen molar-refractivity contribution in [3.05, 3.63) is 78.5 Å². The number of rotatable bonds is 7. The highest BCUT2D eigenvalue weighted by Gasteiger charge is 2.19. The van der Waals surface area contributed by atoms with Gasteiger partial charge in [0.1, 0.15) is 12.4 Å². The lowest BCUT2D eigenvalue weighted by molar-refractivity contribution is 0.0828. The van der Waals surface area contributed by atoms with Gasteiger partial charge in [0.15, 0.2) is 5.65 Å². The highest BCUT2D eigenvalue weighted by Crippen LogP contribution is 2.35. The standard InChI is InChI=1S/C27H25N7O4/c1-34(2)26(35)20-10-16(8-9-22(20)31-27(36)38-14-18-13-28-15-30-18)17-11-21-24(32-33-25(21)29-12-17)19-6-4-5-7-23(19)37-3/h4-13,15H,14H2,1-3H3,(H,28,30)(H,31,36)(H,29,32,33). The Morgan fingerprint density at radius 1 is 1.05 bits per heavy atom. The number of carbonyl (C=O) groups is 2. The lowest BCUT2D eigenvalue weighted by Crippen LogP contribution is -2.24. The van der Waals surface area contributed by atoms with Gasteiger partial charge in [0.2, 0.25) is 0 Å². The molecule has 0 spiro atoms. The van der Waals surface area contributed by atoms with E-state index in [0.29, 0.717) is 28.3 Å². The molecule has 2 aromatic carbocycles. The van der Waals surface area contributed by atoms with Crippen LogP contribution in [-0.4, -0.2) is 63.3 Å². The molecule has 11 heteroatoms. The number of H-pyrrole nitrogens is 2. The number of amides is 2. The van der Waals surface area contributed by atoms with Crippen molar-refractivity contribution in [2.75, 3.05) is 26.5 Å². The number of fused-ring (bicyclic) bond motifs is 1. The number of imidazole rings is 1. The summed E-state index contributed by atoms with van der Waals surface area (Å²) in [5, 5.41) is 10.9. The quantitative estimate of drug-likeness (QED) is 0.293. The molecular weight excluding hydrogens is 486 g/mol. The van der Waals surface area contributed by atoms with Crippen LogP contribution in [0, 0.1) is 0 Å². The minimum atomic E-state index is -0.692. The maximum atomic E-state index is 13.0. The van der Waals surface area contributed by atoms with Gasteiger partial charge in [0, 0.05) is 36.8 Å². The van der Waals surface area contributed by atoms with Crippen LogP contribution in [0.1, 0.15) is 16.1 Å². The Kier molecular flexibility index (Phi) is 6.72. The Bertz CT molecular complexity index is 1610. The summed E-state index contributed by atoms with van der Waals surface area (Å²) >= 11 is 0. The number of aromatic amines is 2. The molecule has 0 atom stereocenters. The zero-order chi connectivity index (χ0) is 26.6. The molecule has 11 nitrogen and oxygen atoms in total. The number of ether oxygens (including phenoxy) is 2. The number of benzene rings is 2. The highest BCUT2D eigenvalue weighted by molar-refractivity contribution is 6.04. The van der Waals surface area contributed by atoms with Gasteiger partial charge in [0.25, 0.3) is 5.91 Å². The van der Waals surface area contributed by atoms with E-state index in [1.54, 1.807) is 45.7 Å². The monoisotopic (exact) mass is 511 g/mol. The lowest BCUT2D eigenvalue weighted by atomic mass is 10.0. The van der Waals surface area contributed by atoms with E-state index in [1.165, 1.54) is 11.2 Å². The van der Waals surface area contributed by atoms with Crippen LogP contribution in [0.5, 0.6) is 5.75 Å². The van der Waals surface area contributed by atoms with Crippen molar-refractivity contribution >= 4 is 28.7 Å². The fourth-order valence-electron chi connectivity index (χ4n) is 4.02. The molecule has 0 fully saturated rings. The third kappa shape index (κ3) is 4.89. The molecule has 0 radical (unpaired) electrons. The topological polar surface area (TPSA) is 138 Å². The van der Waals surface area contributed by atoms with Crippen LogP contribution < -0.4 is 10.1 Å². The molecule has 0 aliphatic rings. The molecule has 2 amide bonds. The van der Waals surface area contributed by atoms with Gasteiger partial charge in [-0.3, -0.25) is 15.2 Å². The highest BCUT2D eigenvalue weighted by atomic mass is 16.5. The second kappa shape index (κ2) is 10.4. The number of nitrogens with one attached hydrogen (secondary N) is 3. The average molecular weight is 512 g/mol. The molecule has 0 aliphatic carbocycles. The van der Waals surface area contributed by atoms with E-state index >= 15 is 0 Å². The lowest BCUT2D eigenvalue weighted by Gasteiger charge is -2.16. The molecule has 0 saturated heterocycles. The van der Waals surface area contributed by atoms with Gasteiger partial charge in [0.05, 0.1) is 42.3 Å². The maximum absolute atomic E-state index is 13.0. The normalized spacial score (nSPS) is 10.8. The fourth-order valence-corrected chi connectivity index (χ4v) is 4.02. The van der Waals surface area contributed by atoms with Crippen molar-refractivity contribution in [3.63, 3.8) is 0 Å². The van der Waals surface area contributed by atoms with E-state index in [-0.39, 0.29) is 12.5 Å². The van der Waals surface area contributed by atoms with Gasteiger partial charge in [-0.05, 0) is 35.9 Å². The SMILES string of the molecule is COc1ccccc1-c1[nH]nc2ncc(-c3ccc(NC(=O)OCc4cnc[nH]4)c(C(=O)N(C)C)c3)cc12. The first-order chi connectivity index (χ1) is 18.4. The first kappa shape index (κ1) is 24.5. The zero-order valence-corrected chi connectivity index (χ0v) is 21.0. The molecule has 3 heterocycles. The summed E-state index contributed by atoms with van der Waals surface area (Å²) < 4.78 is 10.8. The number of anilines is 1. The van der Waals surface area contributed by atoms with Crippen LogP contribution in [-0.2, 0) is 11.3 Å². The Morgan fingerprint density at radius 3 is 2.66 bits per heavy atom. The van der Waals surface area contributed by atoms with Crippen LogP contribution in [0.4, 0.5) is 10.5 Å². The molecule has 5 rings (SSSR count). The Hall–Kier alpha value is -5.19. The number of nitrogens with zero attached hydrogens (tertiary/aromatic N) is 4. The molecule has 3 aromatic heterocycles. The van der Waals surface area contributed by atoms with Gasteiger partial charge in [-0.2, -0.15) is 5.10 Å². The first-order valence-electron chi connectivity index (χ1n) is 11.7. The number of methoxy groups -OCH3 is 1. The smallest absolute Gasteiger partial charge is 0.412 e. The molecule has 3 N–H and O–H groups in total. The maximum Gasteiger partial charge on any atom is 0.412 e. The van der Waals surface area contributed by atoms with E-state index in [4.69, 9.17) is 9.47 Å². The zero-order valence-electron chi connectivity index (χ0n) is 21.0. The van der Waals surface area contributed by atoms with Gasteiger partial charge >= 0.3 is 6.09 Å². The van der Waals surface area contributed by atoms with Crippen LogP contribution in [0.25, 0.3) is 33.4 Å². The van der Waals surface area contributed by atoms with Crippen molar-refractivity contribution in [3.8, 4) is 28.1 Å². The minimum Gasteiger partial charge on any atom is -0.496 e. The number of pyridine rings is 1. The summed E-state index contributed by atoms with van der Waals surface area (Å²) in [4.78, 5) is 38.2. The fraction of sp³-hybridized carbons (Fsp3) is 0.148. The molecular formula is C27H25N7O4. The van der Waals surface area contributed by atoms with Gasteiger partial charge in [-0.1, -0.05) is 18.2 Å². The van der Waals surface area contributed by atoms with Crippen molar-refractivity contribution in [2.45, 2.75) is 6.61 Å². The predicted molar refractivity (Wildman–Crippen MR) is 142 cm³/mol. The Morgan fingerprint density at radius 2 is 1.89 bits per heavy atom. The van der Waals surface area contributed by atoms with Crippen molar-refractivity contribution in [1.82, 2.24) is 30.0 Å². The molecule has 192 valence electrons. The molecule has 5 aromatic rings. The first-order valence-corrected chi connectivity index (χ1v) is 11.7. The minimum absolute atomic E-state index is 0.0196. The third-order valence-electron chi connectivity index (χ3n) is 5.93. The molecule has 0 aliphatic heterocycles. The number of aromatic nitrogens is 5. The summed E-state index contributed by atoms with van der Waals surface area (Å²) in [5.74, 6) is 0.430. The van der Waals surface area contributed by atoms with Gasteiger partial charge in [-0.25, -0.2) is 14.8 Å². The molecule has 0 bridgehead atoms. The molecule has 0 saturated carbocycles. The Balaban J connectivity index is 1.49. The third-order valence-corrected chi connectivity index (χ3v) is 5.93. The Labute approximate surface area is 217 Å². The summed E-state index contributed by atoms with van der Waals surface area (Å²) in [5.41, 5.74) is 4.98. The van der Waals surface area contributed by atoms with Crippen molar-refractivity contribution in [2.24, 2.45) is 0 Å². The van der Waals surface area contributed by atoms with E-state index < -0.39 is 6.09 Å². The van der Waals surface area contributed by atoms with E-state index in [0.717, 1.165) is 27.8 Å². The van der Waals surface area contributed by atoms with Crippen molar-refractivity contribution < 1.29 is 19.1 Å². The van der Waals surface area contributed by atoms with Gasteiger partial charge in [-0.15, -0.1) is 0 Å². The van der Waals surface area contributed by atoms with Gasteiger partial charge < -0.3 is 19.4 Å². The number of carbonyl (C=O) groups excluding carboxylic acids is 2. The molecule has 0 unspecified atom stereocenters. The number of hydrogen-bond donors (Lipinski definition) is 3. The van der Waals surface area contributed by atoms with E-state index in [1.807, 2.05) is 36.4 Å². The van der Waals surface area contributed by atoms with E-state index in [2.05, 4.69) is 30.5 Å². The van der Waals surface area contributed by atoms with Crippen LogP contribution >= 0.6 is 0 Å². The van der Waals surface area contributed by atoms with E-state index in [9.17, 15) is 9.59 Å². The molecule has 38 heavy (non-hydrogen) atoms. The second-order valence-electron chi connectivity index (χ2n) is 8.63. The summed E-state index contributed by atoms with van der Waals surface area (Å²) in [6.45, 7) is 0.0196. The largest absolute Gasteiger partial charge is 0.496 e. The summed E-state index contributed by atoms with van der Waals surface area (Å²) in [7, 11) is 4.91. The second-order valence-corrected chi connectivity index (χ2v) is 8.63. The summed E-state index contributed by atoms with van der Waals surface area (Å²) in [6.07, 6.45) is 4.06. The van der Waals surface area contributed by atoms with Crippen LogP contribution in [0.3, 0.4) is 0 Å². The van der Waals surface area contributed by atoms with Crippen LogP contribution in [0.2, 0.25) is 0 Å². The average Bonchev–Trinajstić information content (AvgIpc) is 3.61. The summed E-state index contributed by atoms with van der Waals surface area (Å²) in [6, 6.07) is 14.8. The number of para-hydroxylation sites is 1. The van der Waals surface area contributed by atoms with Crippen molar-refractivity contribution in [1.29, 1.82) is 0 Å². The number of hydrogen-bond acceptors (Lipinski definition) is 7. The van der Waals surface area contributed by atoms with Crippen LogP contribution in [0.15, 0.2) is 67.3 Å².